The van der Waals surface area contributed by atoms with Crippen molar-refractivity contribution >= 4 is 30.4 Å². The maximum Gasteiger partial charge on any atom is 0.459 e. The van der Waals surface area contributed by atoms with Crippen LogP contribution in [0, 0.1) is 5.92 Å². The predicted octanol–water partition coefficient (Wildman–Crippen LogP) is 5.27. The van der Waals surface area contributed by atoms with Gasteiger partial charge in [-0.15, -0.1) is 0 Å². The molecule has 4 rings (SSSR count). The van der Waals surface area contributed by atoms with Gasteiger partial charge in [0.25, 0.3) is 5.91 Å². The second kappa shape index (κ2) is 15.1. The Morgan fingerprint density at radius 1 is 1.25 bits per heavy atom. The third-order valence-electron chi connectivity index (χ3n) is 7.23. The van der Waals surface area contributed by atoms with Crippen LogP contribution in [0.5, 0.6) is 5.75 Å². The molecule has 0 aromatic heterocycles. The molecule has 13 heteroatoms. The summed E-state index contributed by atoms with van der Waals surface area (Å²) in [5.74, 6) is -2.15. The van der Waals surface area contributed by atoms with Crippen molar-refractivity contribution in [2.45, 2.75) is 77.4 Å². The predicted molar refractivity (Wildman–Crippen MR) is 163 cm³/mol. The Morgan fingerprint density at radius 2 is 2.00 bits per heavy atom. The Labute approximate surface area is 257 Å². The number of ether oxygens (including phenoxy) is 2. The normalized spacial score (nSPS) is 22.5. The number of benzene rings is 2. The zero-order valence-electron chi connectivity index (χ0n) is 25.2. The van der Waals surface area contributed by atoms with Crippen LogP contribution in [0.2, 0.25) is 0 Å². The first-order valence-electron chi connectivity index (χ1n) is 14.9. The van der Waals surface area contributed by atoms with E-state index in [1.54, 1.807) is 12.1 Å². The summed E-state index contributed by atoms with van der Waals surface area (Å²) in [6.07, 6.45) is 0.873. The number of hydrogen-bond acceptors (Lipinski definition) is 9. The molecule has 1 fully saturated rings. The fourth-order valence-corrected chi connectivity index (χ4v) is 6.50. The molecule has 11 nitrogen and oxygen atoms in total. The Hall–Kier alpha value is -3.28. The molecule has 0 bridgehead atoms. The molecule has 2 aliphatic heterocycles. The number of halogens is 1. The number of aliphatic hydroxyl groups is 1. The summed E-state index contributed by atoms with van der Waals surface area (Å²) in [5, 5.41) is 17.4. The number of hydrogen-bond donors (Lipinski definition) is 3. The van der Waals surface area contributed by atoms with Crippen LogP contribution in [-0.4, -0.2) is 59.6 Å². The van der Waals surface area contributed by atoms with Gasteiger partial charge in [-0.1, -0.05) is 76.6 Å². The highest BCUT2D eigenvalue weighted by Crippen LogP contribution is 2.48. The van der Waals surface area contributed by atoms with Gasteiger partial charge in [-0.3, -0.25) is 14.1 Å². The summed E-state index contributed by atoms with van der Waals surface area (Å²) >= 11 is 0. The van der Waals surface area contributed by atoms with E-state index in [-0.39, 0.29) is 30.5 Å². The van der Waals surface area contributed by atoms with Crippen LogP contribution in [0.4, 0.5) is 4.39 Å². The van der Waals surface area contributed by atoms with E-state index in [0.29, 0.717) is 18.2 Å². The SMILES string of the molecule is C=C1NC(=O)C(F)=CN1[C@H]1CC(O)[C@@H](COP(=O)(N[C@@H](CC(C)C)C(=O)OCCCCC)Oc2cccc3ccccc23)O1. The molecular formula is C31H41FN3O8P. The molecule has 2 aromatic carbocycles. The summed E-state index contributed by atoms with van der Waals surface area (Å²) in [6.45, 7) is 9.44. The summed E-state index contributed by atoms with van der Waals surface area (Å²) < 4.78 is 51.8. The van der Waals surface area contributed by atoms with Crippen LogP contribution in [0.1, 0.15) is 52.9 Å². The van der Waals surface area contributed by atoms with E-state index in [1.165, 1.54) is 4.90 Å². The van der Waals surface area contributed by atoms with Gasteiger partial charge in [0.2, 0.25) is 5.83 Å². The van der Waals surface area contributed by atoms with Gasteiger partial charge in [0, 0.05) is 18.0 Å². The van der Waals surface area contributed by atoms with Gasteiger partial charge in [0.1, 0.15) is 29.9 Å². The van der Waals surface area contributed by atoms with Gasteiger partial charge in [0.05, 0.1) is 19.3 Å². The van der Waals surface area contributed by atoms with Crippen LogP contribution in [0.3, 0.4) is 0 Å². The zero-order chi connectivity index (χ0) is 31.9. The first kappa shape index (κ1) is 33.6. The van der Waals surface area contributed by atoms with Crippen molar-refractivity contribution in [3.05, 3.63) is 66.9 Å². The Bertz CT molecular complexity index is 1410. The number of amides is 1. The fraction of sp³-hybridized carbons (Fsp3) is 0.484. The van der Waals surface area contributed by atoms with Crippen LogP contribution < -0.4 is 14.9 Å². The molecule has 3 N–H and O–H groups in total. The quantitative estimate of drug-likeness (QED) is 0.135. The lowest BCUT2D eigenvalue weighted by Gasteiger charge is -2.31. The van der Waals surface area contributed by atoms with E-state index in [9.17, 15) is 23.7 Å². The molecule has 2 unspecified atom stereocenters. The minimum atomic E-state index is -4.32. The first-order chi connectivity index (χ1) is 21.0. The average Bonchev–Trinajstić information content (AvgIpc) is 3.35. The number of unbranched alkanes of at least 4 members (excludes halogenated alkanes) is 2. The molecule has 44 heavy (non-hydrogen) atoms. The summed E-state index contributed by atoms with van der Waals surface area (Å²) in [4.78, 5) is 26.0. The lowest BCUT2D eigenvalue weighted by Crippen LogP contribution is -2.42. The van der Waals surface area contributed by atoms with E-state index in [1.807, 2.05) is 51.1 Å². The standard InChI is InChI=1S/C31H41FN3O8P/c1-5-6-9-15-40-31(38)25(16-20(2)3)34-44(39,43-27-14-10-12-22-11-7-8-13-23(22)27)41-19-28-26(36)17-29(42-28)35-18-24(32)30(37)33-21(35)4/h7-8,10-14,18,20,25-26,28-29,36H,4-6,9,15-17,19H2,1-3H3,(H,33,37)(H,34,39)/t25-,26?,28+,29+,44?/m0/s1. The van der Waals surface area contributed by atoms with E-state index in [0.717, 1.165) is 24.4 Å². The number of rotatable bonds is 15. The topological polar surface area (TPSA) is 136 Å². The molecular weight excluding hydrogens is 592 g/mol. The Morgan fingerprint density at radius 3 is 2.75 bits per heavy atom. The largest absolute Gasteiger partial charge is 0.465 e. The van der Waals surface area contributed by atoms with Crippen molar-refractivity contribution in [2.24, 2.45) is 5.92 Å². The monoisotopic (exact) mass is 633 g/mol. The highest BCUT2D eigenvalue weighted by Gasteiger charge is 2.42. The van der Waals surface area contributed by atoms with Crippen LogP contribution in [0.25, 0.3) is 10.8 Å². The average molecular weight is 634 g/mol. The van der Waals surface area contributed by atoms with Crippen molar-refractivity contribution in [1.29, 1.82) is 0 Å². The minimum Gasteiger partial charge on any atom is -0.465 e. The van der Waals surface area contributed by atoms with Gasteiger partial charge < -0.3 is 29.3 Å². The lowest BCUT2D eigenvalue weighted by atomic mass is 10.1. The smallest absolute Gasteiger partial charge is 0.459 e. The van der Waals surface area contributed by atoms with Crippen molar-refractivity contribution in [3.8, 4) is 5.75 Å². The van der Waals surface area contributed by atoms with Crippen molar-refractivity contribution in [1.82, 2.24) is 15.3 Å². The highest BCUT2D eigenvalue weighted by molar-refractivity contribution is 7.52. The second-order valence-electron chi connectivity index (χ2n) is 11.3. The maximum absolute atomic E-state index is 14.4. The van der Waals surface area contributed by atoms with Gasteiger partial charge in [-0.05, 0) is 30.2 Å². The Balaban J connectivity index is 1.55. The molecule has 0 saturated carbocycles. The van der Waals surface area contributed by atoms with E-state index < -0.39 is 56.5 Å². The number of aliphatic hydroxyl groups excluding tert-OH is 1. The van der Waals surface area contributed by atoms with E-state index >= 15 is 0 Å². The lowest BCUT2D eigenvalue weighted by molar-refractivity contribution is -0.146. The summed E-state index contributed by atoms with van der Waals surface area (Å²) in [5.41, 5.74) is 0. The van der Waals surface area contributed by atoms with Crippen LogP contribution in [0.15, 0.2) is 66.9 Å². The van der Waals surface area contributed by atoms with Gasteiger partial charge in [-0.2, -0.15) is 9.48 Å². The maximum atomic E-state index is 14.4. The van der Waals surface area contributed by atoms with Crippen molar-refractivity contribution in [3.63, 3.8) is 0 Å². The third-order valence-corrected chi connectivity index (χ3v) is 8.78. The van der Waals surface area contributed by atoms with Gasteiger partial charge in [0.15, 0.2) is 0 Å². The zero-order valence-corrected chi connectivity index (χ0v) is 26.1. The van der Waals surface area contributed by atoms with E-state index in [2.05, 4.69) is 17.0 Å². The van der Waals surface area contributed by atoms with Gasteiger partial charge in [-0.25, -0.2) is 4.57 Å². The molecule has 1 saturated heterocycles. The first-order valence-corrected chi connectivity index (χ1v) is 16.4. The van der Waals surface area contributed by atoms with Crippen molar-refractivity contribution < 1.29 is 42.2 Å². The Kier molecular flexibility index (Phi) is 11.6. The number of carbonyl (C=O) groups excluding carboxylic acids is 2. The molecule has 5 atom stereocenters. The molecule has 2 heterocycles. The highest BCUT2D eigenvalue weighted by atomic mass is 31.2. The minimum absolute atomic E-state index is 0.0225. The second-order valence-corrected chi connectivity index (χ2v) is 13.0. The van der Waals surface area contributed by atoms with Crippen LogP contribution >= 0.6 is 7.75 Å². The number of esters is 1. The number of nitrogens with zero attached hydrogens (tertiary/aromatic N) is 1. The number of fused-ring (bicyclic) bond motifs is 1. The molecule has 2 aromatic rings. The number of nitrogens with one attached hydrogen (secondary N) is 2. The van der Waals surface area contributed by atoms with Gasteiger partial charge >= 0.3 is 13.7 Å². The number of carbonyl (C=O) groups is 2. The fourth-order valence-electron chi connectivity index (χ4n) is 4.96. The van der Waals surface area contributed by atoms with E-state index in [4.69, 9.17) is 18.5 Å². The molecule has 2 aliphatic rings. The van der Waals surface area contributed by atoms with Crippen molar-refractivity contribution in [2.75, 3.05) is 13.2 Å². The molecule has 0 radical (unpaired) electrons. The molecule has 1 amide bonds. The molecule has 0 aliphatic carbocycles. The summed E-state index contributed by atoms with van der Waals surface area (Å²) in [6, 6.07) is 11.7. The third kappa shape index (κ3) is 8.67. The molecule has 240 valence electrons. The summed E-state index contributed by atoms with van der Waals surface area (Å²) in [7, 11) is -4.32. The van der Waals surface area contributed by atoms with Crippen LogP contribution in [-0.2, 0) is 28.2 Å². The molecule has 0 spiro atoms.